The number of thiazole rings is 1. The van der Waals surface area contributed by atoms with Gasteiger partial charge in [-0.2, -0.15) is 4.31 Å². The Balaban J connectivity index is 1.63. The van der Waals surface area contributed by atoms with Crippen LogP contribution in [0.25, 0.3) is 10.2 Å². The molecule has 0 aliphatic carbocycles. The first-order valence-electron chi connectivity index (χ1n) is 11.7. The van der Waals surface area contributed by atoms with Crippen LogP contribution in [0.3, 0.4) is 0 Å². The molecule has 194 valence electrons. The lowest BCUT2D eigenvalue weighted by Crippen LogP contribution is -2.36. The van der Waals surface area contributed by atoms with Gasteiger partial charge in [0.15, 0.2) is 5.13 Å². The topological polar surface area (TPSA) is 89.0 Å². The van der Waals surface area contributed by atoms with Crippen LogP contribution < -0.4 is 4.90 Å². The van der Waals surface area contributed by atoms with Crippen molar-refractivity contribution in [2.75, 3.05) is 45.4 Å². The molecule has 4 rings (SSSR count). The van der Waals surface area contributed by atoms with Crippen LogP contribution in [0.1, 0.15) is 15.9 Å². The summed E-state index contributed by atoms with van der Waals surface area (Å²) in [7, 11) is -0.744. The number of rotatable bonds is 12. The van der Waals surface area contributed by atoms with Crippen molar-refractivity contribution in [2.45, 2.75) is 11.4 Å². The lowest BCUT2D eigenvalue weighted by molar-refractivity contribution is 0.0985. The lowest BCUT2D eigenvalue weighted by atomic mass is 10.1. The summed E-state index contributed by atoms with van der Waals surface area (Å²) in [5.74, 6) is -0.262. The number of sulfonamides is 1. The fourth-order valence-corrected chi connectivity index (χ4v) is 6.15. The number of amides is 1. The van der Waals surface area contributed by atoms with Gasteiger partial charge in [-0.25, -0.2) is 13.4 Å². The number of aromatic nitrogens is 1. The van der Waals surface area contributed by atoms with Gasteiger partial charge in [-0.1, -0.05) is 53.8 Å². The van der Waals surface area contributed by atoms with Crippen LogP contribution in [0.2, 0.25) is 0 Å². The Morgan fingerprint density at radius 1 is 0.865 bits per heavy atom. The van der Waals surface area contributed by atoms with E-state index in [1.807, 2.05) is 54.6 Å². The molecule has 0 saturated heterocycles. The van der Waals surface area contributed by atoms with Crippen molar-refractivity contribution >= 4 is 42.6 Å². The van der Waals surface area contributed by atoms with Gasteiger partial charge in [0.1, 0.15) is 0 Å². The Morgan fingerprint density at radius 3 is 2.11 bits per heavy atom. The Hall–Kier alpha value is -3.15. The third kappa shape index (κ3) is 6.41. The molecular weight excluding hydrogens is 510 g/mol. The van der Waals surface area contributed by atoms with Crippen LogP contribution in [0.4, 0.5) is 5.13 Å². The van der Waals surface area contributed by atoms with Crippen LogP contribution in [0.15, 0.2) is 83.8 Å². The Bertz CT molecular complexity index is 1380. The second-order valence-electron chi connectivity index (χ2n) is 8.26. The monoisotopic (exact) mass is 539 g/mol. The quantitative estimate of drug-likeness (QED) is 0.265. The molecule has 10 heteroatoms. The van der Waals surface area contributed by atoms with Gasteiger partial charge in [0.2, 0.25) is 10.0 Å². The highest BCUT2D eigenvalue weighted by molar-refractivity contribution is 7.89. The van der Waals surface area contributed by atoms with E-state index in [0.717, 1.165) is 15.8 Å². The maximum Gasteiger partial charge on any atom is 0.260 e. The molecule has 37 heavy (non-hydrogen) atoms. The number of ether oxygens (including phenoxy) is 2. The molecule has 3 aromatic carbocycles. The maximum atomic E-state index is 13.7. The number of fused-ring (bicyclic) bond motifs is 1. The number of methoxy groups -OCH3 is 2. The molecule has 0 unspecified atom stereocenters. The normalized spacial score (nSPS) is 11.8. The number of anilines is 1. The van der Waals surface area contributed by atoms with Crippen LogP contribution in [-0.2, 0) is 26.0 Å². The van der Waals surface area contributed by atoms with Gasteiger partial charge in [0, 0.05) is 32.9 Å². The lowest BCUT2D eigenvalue weighted by Gasteiger charge is -2.22. The molecule has 0 fully saturated rings. The molecule has 0 saturated carbocycles. The van der Waals surface area contributed by atoms with E-state index in [1.54, 1.807) is 17.0 Å². The summed E-state index contributed by atoms with van der Waals surface area (Å²) in [6.07, 6.45) is 0. The number of carbonyl (C=O) groups excluding carboxylic acids is 1. The average Bonchev–Trinajstić information content (AvgIpc) is 3.36. The van der Waals surface area contributed by atoms with E-state index in [1.165, 1.54) is 42.0 Å². The number of para-hydroxylation sites is 1. The van der Waals surface area contributed by atoms with E-state index in [9.17, 15) is 13.2 Å². The fraction of sp³-hybridized carbons (Fsp3) is 0.259. The highest BCUT2D eigenvalue weighted by Gasteiger charge is 2.26. The van der Waals surface area contributed by atoms with Crippen molar-refractivity contribution in [3.05, 3.63) is 90.0 Å². The van der Waals surface area contributed by atoms with Crippen LogP contribution in [0.5, 0.6) is 0 Å². The molecule has 0 spiro atoms. The van der Waals surface area contributed by atoms with Gasteiger partial charge in [-0.15, -0.1) is 0 Å². The summed E-state index contributed by atoms with van der Waals surface area (Å²) in [5.41, 5.74) is 2.15. The van der Waals surface area contributed by atoms with Crippen molar-refractivity contribution in [1.29, 1.82) is 0 Å². The zero-order valence-corrected chi connectivity index (χ0v) is 22.4. The Labute approximate surface area is 221 Å². The smallest absolute Gasteiger partial charge is 0.260 e. The van der Waals surface area contributed by atoms with E-state index in [0.29, 0.717) is 17.2 Å². The average molecular weight is 540 g/mol. The molecule has 0 N–H and O–H groups in total. The highest BCUT2D eigenvalue weighted by atomic mass is 32.2. The highest BCUT2D eigenvalue weighted by Crippen LogP contribution is 2.31. The second-order valence-corrected chi connectivity index (χ2v) is 11.2. The molecule has 8 nitrogen and oxygen atoms in total. The molecule has 4 aromatic rings. The molecule has 0 aliphatic heterocycles. The zero-order valence-electron chi connectivity index (χ0n) is 20.7. The van der Waals surface area contributed by atoms with Gasteiger partial charge in [0.25, 0.3) is 5.91 Å². The molecule has 1 amide bonds. The first-order chi connectivity index (χ1) is 17.9. The molecule has 0 aliphatic rings. The van der Waals surface area contributed by atoms with Gasteiger partial charge in [-0.05, 0) is 42.0 Å². The van der Waals surface area contributed by atoms with E-state index in [4.69, 9.17) is 14.5 Å². The van der Waals surface area contributed by atoms with Crippen molar-refractivity contribution in [3.8, 4) is 0 Å². The molecule has 0 radical (unpaired) electrons. The predicted molar refractivity (Wildman–Crippen MR) is 146 cm³/mol. The summed E-state index contributed by atoms with van der Waals surface area (Å²) in [4.78, 5) is 20.1. The standard InChI is InChI=1S/C27H29N3O5S2/c1-34-18-16-29(17-19-35-2)37(32,33)23-14-12-22(13-15-23)26(31)30(20-21-8-4-3-5-9-21)27-28-24-10-6-7-11-25(24)36-27/h3-15H,16-20H2,1-2H3. The zero-order chi connectivity index (χ0) is 26.3. The van der Waals surface area contributed by atoms with E-state index in [2.05, 4.69) is 0 Å². The second kappa shape index (κ2) is 12.4. The van der Waals surface area contributed by atoms with E-state index >= 15 is 0 Å². The fourth-order valence-electron chi connectivity index (χ4n) is 3.78. The molecule has 1 heterocycles. The van der Waals surface area contributed by atoms with Gasteiger partial charge in [0.05, 0.1) is 34.9 Å². The first kappa shape index (κ1) is 26.9. The minimum absolute atomic E-state index is 0.103. The van der Waals surface area contributed by atoms with Gasteiger partial charge < -0.3 is 9.47 Å². The minimum atomic E-state index is -3.79. The van der Waals surface area contributed by atoms with E-state index in [-0.39, 0.29) is 37.1 Å². The van der Waals surface area contributed by atoms with Crippen molar-refractivity contribution in [2.24, 2.45) is 0 Å². The molecular formula is C27H29N3O5S2. The number of hydrogen-bond donors (Lipinski definition) is 0. The third-order valence-electron chi connectivity index (χ3n) is 5.77. The summed E-state index contributed by atoms with van der Waals surface area (Å²) < 4.78 is 38.9. The summed E-state index contributed by atoms with van der Waals surface area (Å²) in [6.45, 7) is 1.25. The number of benzene rings is 3. The van der Waals surface area contributed by atoms with Crippen LogP contribution >= 0.6 is 11.3 Å². The van der Waals surface area contributed by atoms with Gasteiger partial charge in [-0.3, -0.25) is 9.69 Å². The van der Waals surface area contributed by atoms with E-state index < -0.39 is 10.0 Å². The third-order valence-corrected chi connectivity index (χ3v) is 8.74. The maximum absolute atomic E-state index is 13.7. The summed E-state index contributed by atoms with van der Waals surface area (Å²) >= 11 is 1.44. The van der Waals surface area contributed by atoms with Crippen LogP contribution in [0, 0.1) is 0 Å². The Morgan fingerprint density at radius 2 is 1.49 bits per heavy atom. The largest absolute Gasteiger partial charge is 0.383 e. The van der Waals surface area contributed by atoms with Crippen LogP contribution in [-0.4, -0.2) is 64.1 Å². The summed E-state index contributed by atoms with van der Waals surface area (Å²) in [6, 6.07) is 23.5. The van der Waals surface area contributed by atoms with Gasteiger partial charge >= 0.3 is 0 Å². The van der Waals surface area contributed by atoms with Crippen molar-refractivity contribution in [3.63, 3.8) is 0 Å². The SMILES string of the molecule is COCCN(CCOC)S(=O)(=O)c1ccc(C(=O)N(Cc2ccccc2)c2nc3ccccc3s2)cc1. The molecule has 1 aromatic heterocycles. The Kier molecular flexibility index (Phi) is 9.01. The number of hydrogen-bond acceptors (Lipinski definition) is 7. The van der Waals surface area contributed by atoms with Crippen molar-refractivity contribution in [1.82, 2.24) is 9.29 Å². The molecule has 0 bridgehead atoms. The summed E-state index contributed by atoms with van der Waals surface area (Å²) in [5, 5.41) is 0.581. The predicted octanol–water partition coefficient (Wildman–Crippen LogP) is 4.43. The number of nitrogens with zero attached hydrogens (tertiary/aromatic N) is 3. The molecule has 0 atom stereocenters. The minimum Gasteiger partial charge on any atom is -0.383 e. The number of carbonyl (C=O) groups is 1. The van der Waals surface area contributed by atoms with Crippen molar-refractivity contribution < 1.29 is 22.7 Å². The first-order valence-corrected chi connectivity index (χ1v) is 14.0.